The zero-order valence-electron chi connectivity index (χ0n) is 10.6. The maximum absolute atomic E-state index is 11.9. The summed E-state index contributed by atoms with van der Waals surface area (Å²) >= 11 is 3.31. The molecule has 94 valence electrons. The summed E-state index contributed by atoms with van der Waals surface area (Å²) in [5.74, 6) is 0.689. The average Bonchev–Trinajstić information content (AvgIpc) is 2.32. The minimum Gasteiger partial charge on any atom is -0.309 e. The fraction of sp³-hybridized carbons (Fsp3) is 0.286. The predicted molar refractivity (Wildman–Crippen MR) is 76.7 cm³/mol. The van der Waals surface area contributed by atoms with Crippen LogP contribution in [0.5, 0.6) is 0 Å². The van der Waals surface area contributed by atoms with Gasteiger partial charge in [0.05, 0.1) is 5.69 Å². The number of benzene rings is 1. The van der Waals surface area contributed by atoms with Crippen LogP contribution in [-0.2, 0) is 5.41 Å². The Morgan fingerprint density at radius 2 is 1.78 bits per heavy atom. The Kier molecular flexibility index (Phi) is 3.39. The van der Waals surface area contributed by atoms with Crippen molar-refractivity contribution in [2.75, 3.05) is 0 Å². The molecule has 0 bridgehead atoms. The summed E-state index contributed by atoms with van der Waals surface area (Å²) in [6, 6.07) is 9.69. The molecule has 3 nitrogen and oxygen atoms in total. The molecule has 1 aromatic heterocycles. The molecular formula is C14H15BrN2O. The standard InChI is InChI=1S/C14H15BrN2O/c1-14(2,3)13-16-11(10(15)12(18)17-13)9-7-5-4-6-8-9/h4-8H,1-3H3,(H,16,17,18). The fourth-order valence-electron chi connectivity index (χ4n) is 1.60. The maximum atomic E-state index is 11.9. The van der Waals surface area contributed by atoms with Crippen LogP contribution in [0.1, 0.15) is 26.6 Å². The molecule has 0 atom stereocenters. The van der Waals surface area contributed by atoms with Crippen molar-refractivity contribution in [3.63, 3.8) is 0 Å². The monoisotopic (exact) mass is 306 g/mol. The van der Waals surface area contributed by atoms with Crippen molar-refractivity contribution in [1.82, 2.24) is 9.97 Å². The maximum Gasteiger partial charge on any atom is 0.265 e. The van der Waals surface area contributed by atoms with E-state index in [9.17, 15) is 4.79 Å². The molecule has 1 heterocycles. The molecule has 18 heavy (non-hydrogen) atoms. The average molecular weight is 307 g/mol. The summed E-state index contributed by atoms with van der Waals surface area (Å²) in [5, 5.41) is 0. The predicted octanol–water partition coefficient (Wildman–Crippen LogP) is 3.50. The quantitative estimate of drug-likeness (QED) is 0.876. The molecule has 2 aromatic rings. The van der Waals surface area contributed by atoms with Crippen molar-refractivity contribution in [1.29, 1.82) is 0 Å². The van der Waals surface area contributed by atoms with E-state index >= 15 is 0 Å². The Balaban J connectivity index is 2.68. The van der Waals surface area contributed by atoms with Crippen LogP contribution in [0, 0.1) is 0 Å². The Morgan fingerprint density at radius 1 is 1.17 bits per heavy atom. The van der Waals surface area contributed by atoms with Crippen molar-refractivity contribution in [3.8, 4) is 11.3 Å². The van der Waals surface area contributed by atoms with Gasteiger partial charge in [0.15, 0.2) is 0 Å². The van der Waals surface area contributed by atoms with E-state index < -0.39 is 0 Å². The Hall–Kier alpha value is -1.42. The number of nitrogens with zero attached hydrogens (tertiary/aromatic N) is 1. The third kappa shape index (κ3) is 2.53. The van der Waals surface area contributed by atoms with Crippen LogP contribution in [0.2, 0.25) is 0 Å². The summed E-state index contributed by atoms with van der Waals surface area (Å²) in [6.07, 6.45) is 0. The molecule has 0 aliphatic heterocycles. The number of H-pyrrole nitrogens is 1. The van der Waals surface area contributed by atoms with E-state index in [0.717, 1.165) is 5.56 Å². The van der Waals surface area contributed by atoms with E-state index in [1.165, 1.54) is 0 Å². The fourth-order valence-corrected chi connectivity index (χ4v) is 2.02. The second-order valence-corrected chi connectivity index (χ2v) is 5.99. The van der Waals surface area contributed by atoms with Gasteiger partial charge in [-0.3, -0.25) is 4.79 Å². The Labute approximate surface area is 114 Å². The highest BCUT2D eigenvalue weighted by molar-refractivity contribution is 9.10. The van der Waals surface area contributed by atoms with Crippen LogP contribution in [0.15, 0.2) is 39.6 Å². The molecule has 0 amide bonds. The normalized spacial score (nSPS) is 11.6. The van der Waals surface area contributed by atoms with Gasteiger partial charge in [0, 0.05) is 11.0 Å². The van der Waals surface area contributed by atoms with Crippen molar-refractivity contribution < 1.29 is 0 Å². The first kappa shape index (κ1) is 13.0. The Bertz CT molecular complexity index is 612. The van der Waals surface area contributed by atoms with Crippen molar-refractivity contribution >= 4 is 15.9 Å². The lowest BCUT2D eigenvalue weighted by atomic mass is 9.95. The summed E-state index contributed by atoms with van der Waals surface area (Å²) in [6.45, 7) is 6.07. The first-order valence-electron chi connectivity index (χ1n) is 5.75. The van der Waals surface area contributed by atoms with Gasteiger partial charge in [0.2, 0.25) is 0 Å². The number of hydrogen-bond acceptors (Lipinski definition) is 2. The summed E-state index contributed by atoms with van der Waals surface area (Å²) < 4.78 is 0.474. The van der Waals surface area contributed by atoms with Crippen LogP contribution in [0.25, 0.3) is 11.3 Å². The first-order chi connectivity index (χ1) is 8.39. The second-order valence-electron chi connectivity index (χ2n) is 5.19. The molecule has 4 heteroatoms. The Morgan fingerprint density at radius 3 is 2.33 bits per heavy atom. The third-order valence-electron chi connectivity index (χ3n) is 2.62. The van der Waals surface area contributed by atoms with E-state index in [1.807, 2.05) is 51.1 Å². The summed E-state index contributed by atoms with van der Waals surface area (Å²) in [4.78, 5) is 19.3. The molecule has 0 aliphatic rings. The summed E-state index contributed by atoms with van der Waals surface area (Å²) in [5.41, 5.74) is 1.28. The number of aromatic nitrogens is 2. The molecule has 1 aromatic carbocycles. The molecule has 0 spiro atoms. The zero-order chi connectivity index (χ0) is 13.3. The smallest absolute Gasteiger partial charge is 0.265 e. The minimum atomic E-state index is -0.191. The number of rotatable bonds is 1. The molecular weight excluding hydrogens is 292 g/mol. The van der Waals surface area contributed by atoms with Gasteiger partial charge in [-0.25, -0.2) is 4.98 Å². The zero-order valence-corrected chi connectivity index (χ0v) is 12.2. The van der Waals surface area contributed by atoms with E-state index in [0.29, 0.717) is 16.0 Å². The highest BCUT2D eigenvalue weighted by atomic mass is 79.9. The minimum absolute atomic E-state index is 0.145. The van der Waals surface area contributed by atoms with Crippen LogP contribution in [-0.4, -0.2) is 9.97 Å². The lowest BCUT2D eigenvalue weighted by Crippen LogP contribution is -2.23. The lowest BCUT2D eigenvalue weighted by Gasteiger charge is -2.18. The third-order valence-corrected chi connectivity index (χ3v) is 3.36. The van der Waals surface area contributed by atoms with Crippen molar-refractivity contribution in [3.05, 3.63) is 51.0 Å². The molecule has 0 unspecified atom stereocenters. The van der Waals surface area contributed by atoms with Gasteiger partial charge in [-0.2, -0.15) is 0 Å². The van der Waals surface area contributed by atoms with E-state index in [2.05, 4.69) is 25.9 Å². The molecule has 2 rings (SSSR count). The van der Waals surface area contributed by atoms with Gasteiger partial charge in [-0.05, 0) is 15.9 Å². The highest BCUT2D eigenvalue weighted by Gasteiger charge is 2.20. The largest absolute Gasteiger partial charge is 0.309 e. The highest BCUT2D eigenvalue weighted by Crippen LogP contribution is 2.26. The number of nitrogens with one attached hydrogen (secondary N) is 1. The number of halogens is 1. The lowest BCUT2D eigenvalue weighted by molar-refractivity contribution is 0.543. The van der Waals surface area contributed by atoms with Crippen LogP contribution < -0.4 is 5.56 Å². The number of aromatic amines is 1. The molecule has 0 aliphatic carbocycles. The number of hydrogen-bond donors (Lipinski definition) is 1. The van der Waals surface area contributed by atoms with Gasteiger partial charge < -0.3 is 4.98 Å². The molecule has 0 saturated heterocycles. The first-order valence-corrected chi connectivity index (χ1v) is 6.54. The van der Waals surface area contributed by atoms with Gasteiger partial charge >= 0.3 is 0 Å². The van der Waals surface area contributed by atoms with Crippen molar-refractivity contribution in [2.45, 2.75) is 26.2 Å². The van der Waals surface area contributed by atoms with Crippen molar-refractivity contribution in [2.24, 2.45) is 0 Å². The van der Waals surface area contributed by atoms with Crippen LogP contribution in [0.4, 0.5) is 0 Å². The SMILES string of the molecule is CC(C)(C)c1nc(-c2ccccc2)c(Br)c(=O)[nH]1. The molecule has 0 fully saturated rings. The van der Waals surface area contributed by atoms with Crippen LogP contribution >= 0.6 is 15.9 Å². The van der Waals surface area contributed by atoms with Gasteiger partial charge in [-0.15, -0.1) is 0 Å². The summed E-state index contributed by atoms with van der Waals surface area (Å²) in [7, 11) is 0. The van der Waals surface area contributed by atoms with Gasteiger partial charge in [0.1, 0.15) is 10.3 Å². The van der Waals surface area contributed by atoms with E-state index in [-0.39, 0.29) is 11.0 Å². The topological polar surface area (TPSA) is 45.8 Å². The van der Waals surface area contributed by atoms with E-state index in [1.54, 1.807) is 0 Å². The van der Waals surface area contributed by atoms with E-state index in [4.69, 9.17) is 0 Å². The second kappa shape index (κ2) is 4.69. The molecule has 0 radical (unpaired) electrons. The molecule has 1 N–H and O–H groups in total. The van der Waals surface area contributed by atoms with Crippen LogP contribution in [0.3, 0.4) is 0 Å². The molecule has 0 saturated carbocycles. The van der Waals surface area contributed by atoms with Gasteiger partial charge in [-0.1, -0.05) is 51.1 Å². The van der Waals surface area contributed by atoms with Gasteiger partial charge in [0.25, 0.3) is 5.56 Å².